The molecule has 160 valence electrons. The smallest absolute Gasteiger partial charge is 0.159 e. The number of imidazole rings is 1. The second kappa shape index (κ2) is 7.49. The largest absolute Gasteiger partial charge is 0.335 e. The molecule has 7 nitrogen and oxygen atoms in total. The van der Waals surface area contributed by atoms with Crippen LogP contribution >= 0.6 is 0 Å². The molecule has 0 saturated carbocycles. The number of hydrogen-bond donors (Lipinski definition) is 3. The fourth-order valence-corrected chi connectivity index (χ4v) is 4.60. The lowest BCUT2D eigenvalue weighted by molar-refractivity contribution is 0.453. The number of hydrogen-bond acceptors (Lipinski definition) is 5. The lowest BCUT2D eigenvalue weighted by atomic mass is 9.93. The summed E-state index contributed by atoms with van der Waals surface area (Å²) in [7, 11) is 0. The van der Waals surface area contributed by atoms with Crippen LogP contribution in [-0.2, 0) is 0 Å². The summed E-state index contributed by atoms with van der Waals surface area (Å²) in [5.41, 5.74) is 6.62. The van der Waals surface area contributed by atoms with Gasteiger partial charge >= 0.3 is 0 Å². The van der Waals surface area contributed by atoms with Gasteiger partial charge in [0.1, 0.15) is 11.5 Å². The number of aromatic nitrogens is 6. The summed E-state index contributed by atoms with van der Waals surface area (Å²) in [5.74, 6) is 0.825. The Morgan fingerprint density at radius 2 is 1.88 bits per heavy atom. The Morgan fingerprint density at radius 3 is 2.72 bits per heavy atom. The van der Waals surface area contributed by atoms with Crippen molar-refractivity contribution < 1.29 is 4.39 Å². The van der Waals surface area contributed by atoms with E-state index in [9.17, 15) is 4.39 Å². The summed E-state index contributed by atoms with van der Waals surface area (Å²) in [4.78, 5) is 17.2. The number of H-pyrrole nitrogens is 2. The summed E-state index contributed by atoms with van der Waals surface area (Å²) in [6, 6.07) is 7.09. The van der Waals surface area contributed by atoms with Crippen molar-refractivity contribution in [2.45, 2.75) is 25.7 Å². The van der Waals surface area contributed by atoms with Crippen LogP contribution in [0.15, 0.2) is 42.9 Å². The molecule has 0 spiro atoms. The van der Waals surface area contributed by atoms with E-state index in [-0.39, 0.29) is 5.82 Å². The van der Waals surface area contributed by atoms with Crippen LogP contribution in [0.4, 0.5) is 4.39 Å². The van der Waals surface area contributed by atoms with Gasteiger partial charge in [-0.1, -0.05) is 6.07 Å². The second-order valence-electron chi connectivity index (χ2n) is 8.44. The number of nitrogens with one attached hydrogen (secondary N) is 3. The fourth-order valence-electron chi connectivity index (χ4n) is 4.60. The summed E-state index contributed by atoms with van der Waals surface area (Å²) in [6.45, 7) is 3.91. The first-order chi connectivity index (χ1) is 15.7. The third kappa shape index (κ3) is 3.23. The highest BCUT2D eigenvalue weighted by Gasteiger charge is 2.20. The van der Waals surface area contributed by atoms with Crippen molar-refractivity contribution >= 4 is 21.9 Å². The van der Waals surface area contributed by atoms with Gasteiger partial charge in [0.2, 0.25) is 0 Å². The molecule has 1 saturated heterocycles. The van der Waals surface area contributed by atoms with E-state index < -0.39 is 0 Å². The van der Waals surface area contributed by atoms with E-state index >= 15 is 0 Å². The number of aryl methyl sites for hydroxylation is 1. The van der Waals surface area contributed by atoms with E-state index in [1.54, 1.807) is 12.4 Å². The molecule has 0 amide bonds. The molecule has 6 rings (SSSR count). The number of aromatic amines is 2. The molecule has 32 heavy (non-hydrogen) atoms. The molecule has 0 radical (unpaired) electrons. The molecule has 1 aliphatic rings. The minimum absolute atomic E-state index is 0.274. The molecular weight excluding hydrogens is 405 g/mol. The molecule has 5 heterocycles. The first-order valence-corrected chi connectivity index (χ1v) is 10.8. The Bertz CT molecular complexity index is 1430. The van der Waals surface area contributed by atoms with E-state index in [4.69, 9.17) is 4.98 Å². The summed E-state index contributed by atoms with van der Waals surface area (Å²) in [6.07, 6.45) is 7.48. The number of piperidine rings is 1. The molecule has 0 atom stereocenters. The van der Waals surface area contributed by atoms with Crippen molar-refractivity contribution in [3.8, 4) is 22.6 Å². The Hall–Kier alpha value is -3.65. The number of pyridine rings is 2. The van der Waals surface area contributed by atoms with Gasteiger partial charge in [-0.25, -0.2) is 9.37 Å². The standard InChI is InChI=1S/C24H22FN7/c1-13-6-15(8-16(25)7-13)18-10-27-11-21-22(18)30-24(29-21)23-17-9-19(14-2-4-26-5-3-14)28-12-20(17)31-32-23/h6-12,14,26H,2-5H2,1H3,(H,29,30)(H,31,32). The van der Waals surface area contributed by atoms with Gasteiger partial charge in [-0.15, -0.1) is 0 Å². The zero-order chi connectivity index (χ0) is 21.7. The lowest BCUT2D eigenvalue weighted by Crippen LogP contribution is -2.27. The van der Waals surface area contributed by atoms with E-state index in [0.717, 1.165) is 75.9 Å². The van der Waals surface area contributed by atoms with Gasteiger partial charge in [0.25, 0.3) is 0 Å². The number of halogens is 1. The summed E-state index contributed by atoms with van der Waals surface area (Å²) < 4.78 is 14.0. The molecular formula is C24H22FN7. The van der Waals surface area contributed by atoms with Gasteiger partial charge in [0.05, 0.1) is 28.9 Å². The molecule has 3 N–H and O–H groups in total. The maximum atomic E-state index is 14.0. The van der Waals surface area contributed by atoms with Crippen molar-refractivity contribution in [1.29, 1.82) is 0 Å². The maximum Gasteiger partial charge on any atom is 0.159 e. The van der Waals surface area contributed by atoms with Crippen molar-refractivity contribution in [3.05, 3.63) is 59.9 Å². The number of rotatable bonds is 3. The average Bonchev–Trinajstić information content (AvgIpc) is 3.42. The van der Waals surface area contributed by atoms with E-state index in [0.29, 0.717) is 11.7 Å². The number of fused-ring (bicyclic) bond motifs is 2. The highest BCUT2D eigenvalue weighted by Crippen LogP contribution is 2.33. The first-order valence-electron chi connectivity index (χ1n) is 10.8. The summed E-state index contributed by atoms with van der Waals surface area (Å²) in [5, 5.41) is 12.0. The van der Waals surface area contributed by atoms with Gasteiger partial charge in [-0.2, -0.15) is 5.10 Å². The van der Waals surface area contributed by atoms with Crippen LogP contribution in [0.2, 0.25) is 0 Å². The van der Waals surface area contributed by atoms with Crippen LogP contribution in [0.1, 0.15) is 30.0 Å². The minimum atomic E-state index is -0.274. The first kappa shape index (κ1) is 19.1. The Labute approximate surface area is 183 Å². The lowest BCUT2D eigenvalue weighted by Gasteiger charge is -2.21. The van der Waals surface area contributed by atoms with Crippen LogP contribution in [0.3, 0.4) is 0 Å². The highest BCUT2D eigenvalue weighted by atomic mass is 19.1. The van der Waals surface area contributed by atoms with Crippen LogP contribution < -0.4 is 5.32 Å². The van der Waals surface area contributed by atoms with Crippen molar-refractivity contribution in [2.24, 2.45) is 0 Å². The van der Waals surface area contributed by atoms with E-state index in [1.165, 1.54) is 12.1 Å². The highest BCUT2D eigenvalue weighted by molar-refractivity contribution is 5.96. The molecule has 4 aromatic heterocycles. The average molecular weight is 427 g/mol. The van der Waals surface area contributed by atoms with Crippen LogP contribution in [0.25, 0.3) is 44.6 Å². The summed E-state index contributed by atoms with van der Waals surface area (Å²) >= 11 is 0. The normalized spacial score (nSPS) is 15.1. The zero-order valence-corrected chi connectivity index (χ0v) is 17.6. The van der Waals surface area contributed by atoms with Crippen molar-refractivity contribution in [3.63, 3.8) is 0 Å². The van der Waals surface area contributed by atoms with Crippen LogP contribution in [0, 0.1) is 12.7 Å². The van der Waals surface area contributed by atoms with E-state index in [1.807, 2.05) is 19.2 Å². The van der Waals surface area contributed by atoms with Gasteiger partial charge < -0.3 is 10.3 Å². The van der Waals surface area contributed by atoms with Crippen LogP contribution in [0.5, 0.6) is 0 Å². The predicted molar refractivity (Wildman–Crippen MR) is 122 cm³/mol. The molecule has 1 aliphatic heterocycles. The van der Waals surface area contributed by atoms with Crippen molar-refractivity contribution in [2.75, 3.05) is 13.1 Å². The molecule has 5 aromatic rings. The third-order valence-electron chi connectivity index (χ3n) is 6.20. The third-order valence-corrected chi connectivity index (χ3v) is 6.20. The Balaban J connectivity index is 1.47. The topological polar surface area (TPSA) is 95.2 Å². The predicted octanol–water partition coefficient (Wildman–Crippen LogP) is 4.48. The van der Waals surface area contributed by atoms with Gasteiger partial charge in [-0.05, 0) is 62.2 Å². The molecule has 1 aromatic carbocycles. The van der Waals surface area contributed by atoms with Crippen molar-refractivity contribution in [1.82, 2.24) is 35.5 Å². The zero-order valence-electron chi connectivity index (χ0n) is 17.6. The second-order valence-corrected chi connectivity index (χ2v) is 8.44. The monoisotopic (exact) mass is 427 g/mol. The van der Waals surface area contributed by atoms with Gasteiger partial charge in [-0.3, -0.25) is 15.1 Å². The Kier molecular flexibility index (Phi) is 4.46. The quantitative estimate of drug-likeness (QED) is 0.395. The Morgan fingerprint density at radius 1 is 1.00 bits per heavy atom. The number of benzene rings is 1. The molecule has 1 fully saturated rings. The van der Waals surface area contributed by atoms with E-state index in [2.05, 4.69) is 36.5 Å². The van der Waals surface area contributed by atoms with Gasteiger partial charge in [0.15, 0.2) is 5.82 Å². The van der Waals surface area contributed by atoms with Crippen LogP contribution in [-0.4, -0.2) is 43.2 Å². The SMILES string of the molecule is Cc1cc(F)cc(-c2cncc3[nH]c(-c4n[nH]c5cnc(C6CCNCC6)cc45)nc23)c1. The molecule has 0 aliphatic carbocycles. The number of nitrogens with zero attached hydrogens (tertiary/aromatic N) is 4. The molecule has 8 heteroatoms. The molecule has 0 unspecified atom stereocenters. The maximum absolute atomic E-state index is 14.0. The van der Waals surface area contributed by atoms with Gasteiger partial charge in [0, 0.05) is 28.8 Å². The minimum Gasteiger partial charge on any atom is -0.335 e. The molecule has 0 bridgehead atoms. The fraction of sp³-hybridized carbons (Fsp3) is 0.250.